The van der Waals surface area contributed by atoms with Crippen molar-refractivity contribution in [2.24, 2.45) is 0 Å². The van der Waals surface area contributed by atoms with Crippen LogP contribution in [0.4, 0.5) is 13.2 Å². The van der Waals surface area contributed by atoms with Gasteiger partial charge >= 0.3 is 6.18 Å². The fraction of sp³-hybridized carbons (Fsp3) is 0.500. The Bertz CT molecular complexity index is 1100. The SMILES string of the molecule is CCOC1CN(C2CCC(O)(c3ccccc3)CC2)C[C@@H]1NC(=O)CNC(=O)c1cccc(C(F)(F)F)c1. The van der Waals surface area contributed by atoms with Crippen LogP contribution in [0.15, 0.2) is 54.6 Å². The summed E-state index contributed by atoms with van der Waals surface area (Å²) >= 11 is 0. The predicted molar refractivity (Wildman–Crippen MR) is 135 cm³/mol. The quantitative estimate of drug-likeness (QED) is 0.484. The number of nitrogens with zero attached hydrogens (tertiary/aromatic N) is 1. The Kier molecular flexibility index (Phi) is 8.74. The molecule has 3 N–H and O–H groups in total. The molecular weight excluding hydrogens is 499 g/mol. The molecule has 4 rings (SSSR count). The summed E-state index contributed by atoms with van der Waals surface area (Å²) < 4.78 is 44.7. The van der Waals surface area contributed by atoms with Gasteiger partial charge in [0.05, 0.1) is 29.9 Å². The summed E-state index contributed by atoms with van der Waals surface area (Å²) in [6.45, 7) is 3.22. The van der Waals surface area contributed by atoms with Gasteiger partial charge in [-0.25, -0.2) is 0 Å². The average molecular weight is 534 g/mol. The second-order valence-electron chi connectivity index (χ2n) is 10.0. The molecule has 1 saturated carbocycles. The molecule has 2 aromatic rings. The van der Waals surface area contributed by atoms with E-state index in [2.05, 4.69) is 15.5 Å². The lowest BCUT2D eigenvalue weighted by Gasteiger charge is -2.40. The fourth-order valence-corrected chi connectivity index (χ4v) is 5.46. The number of rotatable bonds is 8. The molecule has 7 nitrogen and oxygen atoms in total. The molecule has 206 valence electrons. The minimum atomic E-state index is -4.56. The Morgan fingerprint density at radius 1 is 1.08 bits per heavy atom. The van der Waals surface area contributed by atoms with E-state index in [1.165, 1.54) is 6.07 Å². The van der Waals surface area contributed by atoms with Crippen LogP contribution in [0.5, 0.6) is 0 Å². The average Bonchev–Trinajstić information content (AvgIpc) is 3.30. The summed E-state index contributed by atoms with van der Waals surface area (Å²) in [6, 6.07) is 13.7. The first-order valence-electron chi connectivity index (χ1n) is 13.0. The number of halogens is 3. The highest BCUT2D eigenvalue weighted by Gasteiger charge is 2.42. The summed E-state index contributed by atoms with van der Waals surface area (Å²) in [5.74, 6) is -1.20. The first-order valence-corrected chi connectivity index (χ1v) is 13.0. The summed E-state index contributed by atoms with van der Waals surface area (Å²) in [7, 11) is 0. The molecule has 0 bridgehead atoms. The van der Waals surface area contributed by atoms with Crippen LogP contribution in [-0.4, -0.2) is 66.2 Å². The molecule has 1 heterocycles. The number of ether oxygens (including phenoxy) is 1. The third-order valence-corrected chi connectivity index (χ3v) is 7.49. The Morgan fingerprint density at radius 2 is 1.79 bits per heavy atom. The Labute approximate surface area is 220 Å². The van der Waals surface area contributed by atoms with Gasteiger partial charge < -0.3 is 20.5 Å². The van der Waals surface area contributed by atoms with Crippen molar-refractivity contribution in [2.45, 2.75) is 62.6 Å². The van der Waals surface area contributed by atoms with Gasteiger partial charge in [0.25, 0.3) is 5.91 Å². The van der Waals surface area contributed by atoms with Gasteiger partial charge in [-0.3, -0.25) is 14.5 Å². The summed E-state index contributed by atoms with van der Waals surface area (Å²) in [6.07, 6.45) is -1.85. The van der Waals surface area contributed by atoms with Crippen molar-refractivity contribution in [3.05, 3.63) is 71.3 Å². The zero-order valence-electron chi connectivity index (χ0n) is 21.3. The molecule has 0 radical (unpaired) electrons. The maximum atomic E-state index is 12.9. The number of likely N-dealkylation sites (tertiary alicyclic amines) is 1. The molecule has 38 heavy (non-hydrogen) atoms. The summed E-state index contributed by atoms with van der Waals surface area (Å²) in [5, 5.41) is 16.5. The van der Waals surface area contributed by atoms with E-state index in [0.717, 1.165) is 36.6 Å². The molecule has 1 aliphatic heterocycles. The van der Waals surface area contributed by atoms with Crippen molar-refractivity contribution < 1.29 is 32.6 Å². The van der Waals surface area contributed by atoms with Crippen LogP contribution in [0.1, 0.15) is 54.1 Å². The smallest absolute Gasteiger partial charge is 0.385 e. The third kappa shape index (κ3) is 6.73. The normalized spacial score (nSPS) is 26.2. The van der Waals surface area contributed by atoms with E-state index < -0.39 is 29.2 Å². The molecule has 1 unspecified atom stereocenters. The maximum absolute atomic E-state index is 12.9. The van der Waals surface area contributed by atoms with E-state index in [9.17, 15) is 27.9 Å². The summed E-state index contributed by atoms with van der Waals surface area (Å²) in [5.41, 5.74) is -0.989. The number of alkyl halides is 3. The van der Waals surface area contributed by atoms with Crippen molar-refractivity contribution in [3.63, 3.8) is 0 Å². The Balaban J connectivity index is 1.30. The van der Waals surface area contributed by atoms with Crippen molar-refractivity contribution >= 4 is 11.8 Å². The number of hydrogen-bond donors (Lipinski definition) is 3. The number of carbonyl (C=O) groups excluding carboxylic acids is 2. The van der Waals surface area contributed by atoms with E-state index in [4.69, 9.17) is 4.74 Å². The molecule has 2 amide bonds. The van der Waals surface area contributed by atoms with Crippen LogP contribution in [0.3, 0.4) is 0 Å². The Morgan fingerprint density at radius 3 is 2.45 bits per heavy atom. The van der Waals surface area contributed by atoms with Gasteiger partial charge in [0.1, 0.15) is 0 Å². The lowest BCUT2D eigenvalue weighted by Crippen LogP contribution is -2.48. The van der Waals surface area contributed by atoms with Crippen LogP contribution in [0, 0.1) is 0 Å². The molecule has 2 aromatic carbocycles. The number of nitrogens with one attached hydrogen (secondary N) is 2. The molecule has 10 heteroatoms. The zero-order valence-corrected chi connectivity index (χ0v) is 21.3. The highest BCUT2D eigenvalue weighted by atomic mass is 19.4. The van der Waals surface area contributed by atoms with E-state index in [-0.39, 0.29) is 30.3 Å². The van der Waals surface area contributed by atoms with Gasteiger partial charge in [-0.15, -0.1) is 0 Å². The lowest BCUT2D eigenvalue weighted by atomic mass is 9.77. The monoisotopic (exact) mass is 533 g/mol. The maximum Gasteiger partial charge on any atom is 0.416 e. The van der Waals surface area contributed by atoms with Crippen LogP contribution in [-0.2, 0) is 21.3 Å². The number of hydrogen-bond acceptors (Lipinski definition) is 5. The Hall–Kier alpha value is -2.95. The van der Waals surface area contributed by atoms with Gasteiger partial charge in [-0.1, -0.05) is 36.4 Å². The molecular formula is C28H34F3N3O4. The van der Waals surface area contributed by atoms with Crippen LogP contribution >= 0.6 is 0 Å². The van der Waals surface area contributed by atoms with E-state index in [0.29, 0.717) is 32.5 Å². The van der Waals surface area contributed by atoms with E-state index in [1.54, 1.807) is 0 Å². The lowest BCUT2D eigenvalue weighted by molar-refractivity contribution is -0.137. The van der Waals surface area contributed by atoms with Crippen LogP contribution in [0.2, 0.25) is 0 Å². The molecule has 1 aliphatic carbocycles. The molecule has 2 fully saturated rings. The van der Waals surface area contributed by atoms with Crippen LogP contribution in [0.25, 0.3) is 0 Å². The predicted octanol–water partition coefficient (Wildman–Crippen LogP) is 3.47. The second kappa shape index (κ2) is 11.8. The topological polar surface area (TPSA) is 90.9 Å². The summed E-state index contributed by atoms with van der Waals surface area (Å²) in [4.78, 5) is 27.2. The van der Waals surface area contributed by atoms with Gasteiger partial charge in [-0.2, -0.15) is 13.2 Å². The second-order valence-corrected chi connectivity index (χ2v) is 10.0. The first-order chi connectivity index (χ1) is 18.1. The number of carbonyl (C=O) groups is 2. The highest BCUT2D eigenvalue weighted by Crippen LogP contribution is 2.39. The first kappa shape index (κ1) is 28.1. The minimum absolute atomic E-state index is 0.167. The fourth-order valence-electron chi connectivity index (χ4n) is 5.46. The molecule has 2 atom stereocenters. The van der Waals surface area contributed by atoms with Gasteiger partial charge in [0.2, 0.25) is 5.91 Å². The molecule has 2 aliphatic rings. The van der Waals surface area contributed by atoms with Crippen molar-refractivity contribution in [3.8, 4) is 0 Å². The van der Waals surface area contributed by atoms with Gasteiger partial charge in [0.15, 0.2) is 0 Å². The molecule has 0 spiro atoms. The van der Waals surface area contributed by atoms with E-state index >= 15 is 0 Å². The number of amides is 2. The van der Waals surface area contributed by atoms with E-state index in [1.807, 2.05) is 37.3 Å². The molecule has 1 saturated heterocycles. The number of benzene rings is 2. The molecule has 0 aromatic heterocycles. The standard InChI is InChI=1S/C28H34F3N3O4/c1-2-38-24-18-34(22-11-13-27(37,14-12-22)20-8-4-3-5-9-20)17-23(24)33-25(35)16-32-26(36)19-7-6-10-21(15-19)28(29,30)31/h3-10,15,22-24,37H,2,11-14,16-18H2,1H3,(H,32,36)(H,33,35)/t22?,23-,24?,27?/m0/s1. The van der Waals surface area contributed by atoms with Crippen molar-refractivity contribution in [1.82, 2.24) is 15.5 Å². The zero-order chi connectivity index (χ0) is 27.3. The van der Waals surface area contributed by atoms with Crippen molar-refractivity contribution in [1.29, 1.82) is 0 Å². The largest absolute Gasteiger partial charge is 0.416 e. The van der Waals surface area contributed by atoms with Gasteiger partial charge in [-0.05, 0) is 56.4 Å². The van der Waals surface area contributed by atoms with Crippen LogP contribution < -0.4 is 10.6 Å². The minimum Gasteiger partial charge on any atom is -0.385 e. The highest BCUT2D eigenvalue weighted by molar-refractivity contribution is 5.96. The third-order valence-electron chi connectivity index (χ3n) is 7.49. The number of aliphatic hydroxyl groups is 1. The van der Waals surface area contributed by atoms with Crippen molar-refractivity contribution in [2.75, 3.05) is 26.2 Å². The van der Waals surface area contributed by atoms with Gasteiger partial charge in [0, 0.05) is 31.3 Å².